The van der Waals surface area contributed by atoms with Crippen molar-refractivity contribution in [2.75, 3.05) is 6.61 Å². The molecule has 0 bridgehead atoms. The van der Waals surface area contributed by atoms with Crippen LogP contribution in [-0.2, 0) is 6.54 Å². The SMILES string of the molecule is Clc1ccc2c(c1)O[C@H](Cn1cc(-c3ccccc3)nn1)CO2. The van der Waals surface area contributed by atoms with Crippen molar-refractivity contribution in [2.24, 2.45) is 0 Å². The van der Waals surface area contributed by atoms with Gasteiger partial charge in [-0.15, -0.1) is 5.10 Å². The molecule has 0 amide bonds. The minimum Gasteiger partial charge on any atom is -0.486 e. The fraction of sp³-hybridized carbons (Fsp3) is 0.176. The summed E-state index contributed by atoms with van der Waals surface area (Å²) in [6.45, 7) is 1.03. The largest absolute Gasteiger partial charge is 0.486 e. The highest BCUT2D eigenvalue weighted by Crippen LogP contribution is 2.34. The van der Waals surface area contributed by atoms with Gasteiger partial charge >= 0.3 is 0 Å². The Morgan fingerprint density at radius 3 is 2.87 bits per heavy atom. The minimum absolute atomic E-state index is 0.133. The number of ether oxygens (including phenoxy) is 2. The minimum atomic E-state index is -0.133. The van der Waals surface area contributed by atoms with Crippen LogP contribution in [0.2, 0.25) is 5.02 Å². The predicted molar refractivity (Wildman–Crippen MR) is 86.8 cm³/mol. The standard InChI is InChI=1S/C17H14ClN3O2/c18-13-6-7-16-17(8-13)23-14(11-22-16)9-21-10-15(19-20-21)12-4-2-1-3-5-12/h1-8,10,14H,9,11H2/t14-/m1/s1. The zero-order valence-corrected chi connectivity index (χ0v) is 13.0. The Morgan fingerprint density at radius 1 is 1.13 bits per heavy atom. The van der Waals surface area contributed by atoms with Gasteiger partial charge < -0.3 is 9.47 Å². The van der Waals surface area contributed by atoms with E-state index in [4.69, 9.17) is 21.1 Å². The summed E-state index contributed by atoms with van der Waals surface area (Å²) in [6, 6.07) is 15.3. The molecule has 0 N–H and O–H groups in total. The molecule has 2 heterocycles. The second kappa shape index (κ2) is 5.93. The Morgan fingerprint density at radius 2 is 2.00 bits per heavy atom. The van der Waals surface area contributed by atoms with Gasteiger partial charge in [0.25, 0.3) is 0 Å². The highest BCUT2D eigenvalue weighted by molar-refractivity contribution is 6.30. The Hall–Kier alpha value is -2.53. The molecule has 1 aliphatic heterocycles. The van der Waals surface area contributed by atoms with E-state index in [1.807, 2.05) is 42.6 Å². The summed E-state index contributed by atoms with van der Waals surface area (Å²) in [5.74, 6) is 1.38. The molecule has 0 saturated carbocycles. The topological polar surface area (TPSA) is 49.2 Å². The van der Waals surface area contributed by atoms with Crippen LogP contribution in [0.3, 0.4) is 0 Å². The van der Waals surface area contributed by atoms with E-state index in [1.54, 1.807) is 16.8 Å². The van der Waals surface area contributed by atoms with Crippen LogP contribution in [0, 0.1) is 0 Å². The zero-order chi connectivity index (χ0) is 15.6. The summed E-state index contributed by atoms with van der Waals surface area (Å²) in [5.41, 5.74) is 1.88. The third kappa shape index (κ3) is 3.00. The maximum absolute atomic E-state index is 5.99. The van der Waals surface area contributed by atoms with Crippen molar-refractivity contribution in [2.45, 2.75) is 12.6 Å². The lowest BCUT2D eigenvalue weighted by molar-refractivity contribution is 0.0755. The zero-order valence-electron chi connectivity index (χ0n) is 12.2. The van der Waals surface area contributed by atoms with E-state index >= 15 is 0 Å². The third-order valence-corrected chi connectivity index (χ3v) is 3.86. The molecule has 0 unspecified atom stereocenters. The number of aromatic nitrogens is 3. The molecular weight excluding hydrogens is 314 g/mol. The molecule has 0 fully saturated rings. The van der Waals surface area contributed by atoms with Crippen LogP contribution < -0.4 is 9.47 Å². The van der Waals surface area contributed by atoms with Crippen molar-refractivity contribution in [3.05, 3.63) is 59.8 Å². The van der Waals surface area contributed by atoms with Crippen LogP contribution >= 0.6 is 11.6 Å². The first-order valence-electron chi connectivity index (χ1n) is 7.32. The lowest BCUT2D eigenvalue weighted by Gasteiger charge is -2.26. The van der Waals surface area contributed by atoms with Gasteiger partial charge in [-0.3, -0.25) is 0 Å². The number of fused-ring (bicyclic) bond motifs is 1. The van der Waals surface area contributed by atoms with Crippen molar-refractivity contribution < 1.29 is 9.47 Å². The van der Waals surface area contributed by atoms with Crippen LogP contribution in [0.1, 0.15) is 0 Å². The van der Waals surface area contributed by atoms with Gasteiger partial charge in [0.05, 0.1) is 12.7 Å². The molecule has 0 radical (unpaired) electrons. The molecule has 1 aromatic heterocycles. The summed E-state index contributed by atoms with van der Waals surface area (Å²) in [7, 11) is 0. The molecule has 0 aliphatic carbocycles. The summed E-state index contributed by atoms with van der Waals surface area (Å²) in [6.07, 6.45) is 1.78. The fourth-order valence-corrected chi connectivity index (χ4v) is 2.68. The van der Waals surface area contributed by atoms with Gasteiger partial charge in [-0.2, -0.15) is 0 Å². The van der Waals surface area contributed by atoms with Crippen LogP contribution in [0.15, 0.2) is 54.7 Å². The van der Waals surface area contributed by atoms with Crippen molar-refractivity contribution in [3.63, 3.8) is 0 Å². The molecule has 1 aliphatic rings. The van der Waals surface area contributed by atoms with E-state index in [9.17, 15) is 0 Å². The van der Waals surface area contributed by atoms with Gasteiger partial charge in [0.15, 0.2) is 17.6 Å². The van der Waals surface area contributed by atoms with Gasteiger partial charge in [-0.05, 0) is 12.1 Å². The Bertz CT molecular complexity index is 820. The lowest BCUT2D eigenvalue weighted by atomic mass is 10.2. The average molecular weight is 328 g/mol. The summed E-state index contributed by atoms with van der Waals surface area (Å²) < 4.78 is 13.4. The third-order valence-electron chi connectivity index (χ3n) is 3.62. The van der Waals surface area contributed by atoms with Gasteiger partial charge in [-0.25, -0.2) is 4.68 Å². The van der Waals surface area contributed by atoms with Crippen molar-refractivity contribution in [1.29, 1.82) is 0 Å². The van der Waals surface area contributed by atoms with Crippen LogP contribution in [0.25, 0.3) is 11.3 Å². The lowest BCUT2D eigenvalue weighted by Crippen LogP contribution is -2.33. The smallest absolute Gasteiger partial charge is 0.163 e. The Labute approximate surface area is 138 Å². The van der Waals surface area contributed by atoms with Crippen LogP contribution in [-0.4, -0.2) is 27.7 Å². The van der Waals surface area contributed by atoms with Gasteiger partial charge in [-0.1, -0.05) is 47.1 Å². The van der Waals surface area contributed by atoms with Crippen molar-refractivity contribution in [1.82, 2.24) is 15.0 Å². The number of rotatable bonds is 3. The summed E-state index contributed by atoms with van der Waals surface area (Å²) >= 11 is 5.99. The second-order valence-corrected chi connectivity index (χ2v) is 5.77. The van der Waals surface area contributed by atoms with Gasteiger partial charge in [0.2, 0.25) is 0 Å². The first kappa shape index (κ1) is 14.1. The van der Waals surface area contributed by atoms with Gasteiger partial charge in [0, 0.05) is 16.7 Å². The number of halogens is 1. The molecule has 2 aromatic carbocycles. The quantitative estimate of drug-likeness (QED) is 0.739. The Kier molecular flexibility index (Phi) is 3.63. The molecular formula is C17H14ClN3O2. The maximum Gasteiger partial charge on any atom is 0.163 e. The summed E-state index contributed by atoms with van der Waals surface area (Å²) in [5, 5.41) is 9.00. The molecule has 6 heteroatoms. The van der Waals surface area contributed by atoms with Crippen LogP contribution in [0.5, 0.6) is 11.5 Å². The molecule has 116 valence electrons. The number of hydrogen-bond donors (Lipinski definition) is 0. The van der Waals surface area contributed by atoms with Crippen LogP contribution in [0.4, 0.5) is 0 Å². The molecule has 1 atom stereocenters. The molecule has 23 heavy (non-hydrogen) atoms. The highest BCUT2D eigenvalue weighted by atomic mass is 35.5. The second-order valence-electron chi connectivity index (χ2n) is 5.33. The van der Waals surface area contributed by atoms with E-state index < -0.39 is 0 Å². The first-order chi connectivity index (χ1) is 11.3. The molecule has 4 rings (SSSR count). The van der Waals surface area contributed by atoms with E-state index in [0.29, 0.717) is 29.7 Å². The molecule has 0 spiro atoms. The molecule has 3 aromatic rings. The first-order valence-corrected chi connectivity index (χ1v) is 7.70. The number of nitrogens with zero attached hydrogens (tertiary/aromatic N) is 3. The fourth-order valence-electron chi connectivity index (χ4n) is 2.52. The van der Waals surface area contributed by atoms with Gasteiger partial charge in [0.1, 0.15) is 12.3 Å². The van der Waals surface area contributed by atoms with Crippen molar-refractivity contribution in [3.8, 4) is 22.8 Å². The molecule has 5 nitrogen and oxygen atoms in total. The predicted octanol–water partition coefficient (Wildman–Crippen LogP) is 3.44. The van der Waals surface area contributed by atoms with E-state index in [2.05, 4.69) is 10.3 Å². The molecule has 0 saturated heterocycles. The van der Waals surface area contributed by atoms with E-state index in [0.717, 1.165) is 11.3 Å². The highest BCUT2D eigenvalue weighted by Gasteiger charge is 2.22. The van der Waals surface area contributed by atoms with E-state index in [1.165, 1.54) is 0 Å². The monoisotopic (exact) mass is 327 g/mol. The maximum atomic E-state index is 5.99. The Balaban J connectivity index is 1.48. The van der Waals surface area contributed by atoms with E-state index in [-0.39, 0.29) is 6.10 Å². The number of hydrogen-bond acceptors (Lipinski definition) is 4. The summed E-state index contributed by atoms with van der Waals surface area (Å²) in [4.78, 5) is 0. The van der Waals surface area contributed by atoms with Crippen molar-refractivity contribution >= 4 is 11.6 Å². The average Bonchev–Trinajstić information content (AvgIpc) is 3.04. The number of benzene rings is 2. The normalized spacial score (nSPS) is 16.3.